The molecule has 1 aromatic rings. The first-order valence-corrected chi connectivity index (χ1v) is 8.15. The summed E-state index contributed by atoms with van der Waals surface area (Å²) in [6.45, 7) is 14.6. The molecular formula is C20H27N3O2. The molecule has 1 heterocycles. The second-order valence-electron chi connectivity index (χ2n) is 5.56. The molecule has 0 aromatic carbocycles. The predicted octanol–water partition coefficient (Wildman–Crippen LogP) is 3.64. The first-order valence-electron chi connectivity index (χ1n) is 8.15. The highest BCUT2D eigenvalue weighted by Gasteiger charge is 2.06. The van der Waals surface area contributed by atoms with Crippen molar-refractivity contribution < 1.29 is 9.53 Å². The van der Waals surface area contributed by atoms with Crippen LogP contribution in [0.3, 0.4) is 0 Å². The van der Waals surface area contributed by atoms with Crippen LogP contribution in [0.2, 0.25) is 0 Å². The average Bonchev–Trinajstić information content (AvgIpc) is 3.03. The van der Waals surface area contributed by atoms with Crippen LogP contribution in [0, 0.1) is 0 Å². The van der Waals surface area contributed by atoms with Gasteiger partial charge in [0.15, 0.2) is 0 Å². The van der Waals surface area contributed by atoms with Gasteiger partial charge in [-0.25, -0.2) is 0 Å². The molecule has 25 heavy (non-hydrogen) atoms. The summed E-state index contributed by atoms with van der Waals surface area (Å²) in [5, 5.41) is 7.48. The lowest BCUT2D eigenvalue weighted by atomic mass is 10.0. The van der Waals surface area contributed by atoms with Gasteiger partial charge in [0, 0.05) is 25.2 Å². The molecule has 0 spiro atoms. The fourth-order valence-electron chi connectivity index (χ4n) is 2.10. The van der Waals surface area contributed by atoms with E-state index < -0.39 is 0 Å². The number of nitrogens with one attached hydrogen (secondary N) is 1. The minimum Gasteiger partial charge on any atom is -0.427 e. The number of esters is 1. The van der Waals surface area contributed by atoms with Crippen molar-refractivity contribution in [2.75, 3.05) is 13.6 Å². The van der Waals surface area contributed by atoms with Crippen LogP contribution in [0.1, 0.15) is 26.3 Å². The molecule has 0 fully saturated rings. The molecular weight excluding hydrogens is 314 g/mol. The molecule has 0 bridgehead atoms. The first-order chi connectivity index (χ1) is 11.9. The second kappa shape index (κ2) is 10.3. The lowest BCUT2D eigenvalue weighted by molar-refractivity contribution is -0.136. The smallest absolute Gasteiger partial charge is 0.308 e. The van der Waals surface area contributed by atoms with E-state index in [4.69, 9.17) is 4.74 Å². The fourth-order valence-corrected chi connectivity index (χ4v) is 2.10. The van der Waals surface area contributed by atoms with E-state index in [0.29, 0.717) is 5.76 Å². The van der Waals surface area contributed by atoms with Gasteiger partial charge in [-0.05, 0) is 50.3 Å². The summed E-state index contributed by atoms with van der Waals surface area (Å²) in [6, 6.07) is 0. The normalized spacial score (nSPS) is 12.9. The Labute approximate surface area is 150 Å². The van der Waals surface area contributed by atoms with E-state index in [1.807, 2.05) is 50.1 Å². The summed E-state index contributed by atoms with van der Waals surface area (Å²) in [5.41, 5.74) is 3.73. The van der Waals surface area contributed by atoms with Crippen molar-refractivity contribution in [2.45, 2.75) is 27.3 Å². The van der Waals surface area contributed by atoms with E-state index >= 15 is 0 Å². The van der Waals surface area contributed by atoms with Crippen LogP contribution < -0.4 is 5.32 Å². The number of carbonyl (C=O) groups is 1. The Bertz CT molecular complexity index is 721. The molecule has 0 atom stereocenters. The molecule has 1 N–H and O–H groups in total. The molecule has 0 saturated heterocycles. The lowest BCUT2D eigenvalue weighted by Gasteiger charge is -2.07. The van der Waals surface area contributed by atoms with Gasteiger partial charge < -0.3 is 10.1 Å². The minimum atomic E-state index is -0.385. The third-order valence-corrected chi connectivity index (χ3v) is 3.43. The van der Waals surface area contributed by atoms with Crippen molar-refractivity contribution in [1.29, 1.82) is 0 Å². The van der Waals surface area contributed by atoms with Gasteiger partial charge in [0.2, 0.25) is 0 Å². The van der Waals surface area contributed by atoms with E-state index in [9.17, 15) is 4.79 Å². The standard InChI is InChI=1S/C20H27N3O2/c1-7-17(19-13-22-23(14-19)10-9-21-6)11-18(15(3)4)12-20(8-2)25-16(5)24/h7-8,11-14,21H,2-3,9-10H2,1,4-6H3/b17-7+,18-11-,20-12+. The fraction of sp³-hybridized carbons (Fsp3) is 0.300. The van der Waals surface area contributed by atoms with Gasteiger partial charge in [0.25, 0.3) is 0 Å². The maximum Gasteiger partial charge on any atom is 0.308 e. The highest BCUT2D eigenvalue weighted by molar-refractivity contribution is 5.75. The number of aromatic nitrogens is 2. The Morgan fingerprint density at radius 1 is 1.40 bits per heavy atom. The summed E-state index contributed by atoms with van der Waals surface area (Å²) in [7, 11) is 1.91. The van der Waals surface area contributed by atoms with Crippen LogP contribution >= 0.6 is 0 Å². The van der Waals surface area contributed by atoms with Crippen LogP contribution in [-0.4, -0.2) is 29.3 Å². The number of rotatable bonds is 9. The lowest BCUT2D eigenvalue weighted by Crippen LogP contribution is -2.14. The van der Waals surface area contributed by atoms with Gasteiger partial charge >= 0.3 is 5.97 Å². The maximum atomic E-state index is 11.2. The van der Waals surface area contributed by atoms with Crippen molar-refractivity contribution in [1.82, 2.24) is 15.1 Å². The summed E-state index contributed by atoms with van der Waals surface area (Å²) >= 11 is 0. The van der Waals surface area contributed by atoms with Crippen LogP contribution in [0.15, 0.2) is 66.8 Å². The molecule has 0 radical (unpaired) electrons. The molecule has 5 heteroatoms. The summed E-state index contributed by atoms with van der Waals surface area (Å²) in [4.78, 5) is 11.2. The topological polar surface area (TPSA) is 56.1 Å². The Hall–Kier alpha value is -2.66. The van der Waals surface area contributed by atoms with Crippen LogP contribution in [0.4, 0.5) is 0 Å². The molecule has 0 aliphatic carbocycles. The number of carbonyl (C=O) groups excluding carboxylic acids is 1. The van der Waals surface area contributed by atoms with Gasteiger partial charge in [0.05, 0.1) is 12.7 Å². The quantitative estimate of drug-likeness (QED) is 0.423. The minimum absolute atomic E-state index is 0.385. The zero-order valence-corrected chi connectivity index (χ0v) is 15.5. The largest absolute Gasteiger partial charge is 0.427 e. The number of likely N-dealkylation sites (N-methyl/N-ethyl adjacent to an activating group) is 1. The number of hydrogen-bond donors (Lipinski definition) is 1. The summed E-state index contributed by atoms with van der Waals surface area (Å²) in [6.07, 6.45) is 11.1. The monoisotopic (exact) mass is 341 g/mol. The molecule has 0 aliphatic rings. The summed E-state index contributed by atoms with van der Waals surface area (Å²) < 4.78 is 7.03. The van der Waals surface area contributed by atoms with Crippen LogP contribution in [-0.2, 0) is 16.1 Å². The molecule has 0 amide bonds. The number of hydrogen-bond acceptors (Lipinski definition) is 4. The van der Waals surface area contributed by atoms with E-state index in [2.05, 4.69) is 23.6 Å². The van der Waals surface area contributed by atoms with E-state index in [1.165, 1.54) is 13.0 Å². The highest BCUT2D eigenvalue weighted by Crippen LogP contribution is 2.22. The predicted molar refractivity (Wildman–Crippen MR) is 103 cm³/mol. The van der Waals surface area contributed by atoms with E-state index in [1.54, 1.807) is 6.08 Å². The summed E-state index contributed by atoms with van der Waals surface area (Å²) in [5.74, 6) is 0.00574. The zero-order chi connectivity index (χ0) is 18.8. The second-order valence-corrected chi connectivity index (χ2v) is 5.56. The number of ether oxygens (including phenoxy) is 1. The first kappa shape index (κ1) is 20.4. The van der Waals surface area contributed by atoms with E-state index in [0.717, 1.165) is 35.4 Å². The molecule has 0 unspecified atom stereocenters. The van der Waals surface area contributed by atoms with Crippen molar-refractivity contribution in [3.8, 4) is 0 Å². The van der Waals surface area contributed by atoms with E-state index in [-0.39, 0.29) is 5.97 Å². The van der Waals surface area contributed by atoms with Gasteiger partial charge in [-0.2, -0.15) is 5.10 Å². The highest BCUT2D eigenvalue weighted by atomic mass is 16.5. The van der Waals surface area contributed by atoms with Crippen molar-refractivity contribution in [3.63, 3.8) is 0 Å². The molecule has 1 rings (SSSR count). The molecule has 134 valence electrons. The molecule has 0 aliphatic heterocycles. The maximum absolute atomic E-state index is 11.2. The number of nitrogens with zero attached hydrogens (tertiary/aromatic N) is 2. The Morgan fingerprint density at radius 2 is 2.12 bits per heavy atom. The van der Waals surface area contributed by atoms with Gasteiger partial charge in [-0.3, -0.25) is 9.48 Å². The van der Waals surface area contributed by atoms with Gasteiger partial charge in [-0.1, -0.05) is 24.8 Å². The SMILES string of the molecule is C=C\C(=C/C(=C/C(=C\C)c1cnn(CCNC)c1)C(=C)C)OC(C)=O. The molecule has 1 aromatic heterocycles. The molecule has 5 nitrogen and oxygen atoms in total. The van der Waals surface area contributed by atoms with Crippen molar-refractivity contribution in [3.05, 3.63) is 72.3 Å². The third kappa shape index (κ3) is 6.77. The van der Waals surface area contributed by atoms with Gasteiger partial charge in [-0.15, -0.1) is 0 Å². The van der Waals surface area contributed by atoms with Crippen molar-refractivity contribution >= 4 is 11.5 Å². The van der Waals surface area contributed by atoms with Crippen molar-refractivity contribution in [2.24, 2.45) is 0 Å². The van der Waals surface area contributed by atoms with Crippen LogP contribution in [0.5, 0.6) is 0 Å². The Kier molecular flexibility index (Phi) is 8.36. The number of allylic oxidation sites excluding steroid dienone is 7. The van der Waals surface area contributed by atoms with Gasteiger partial charge in [0.1, 0.15) is 5.76 Å². The Morgan fingerprint density at radius 3 is 2.64 bits per heavy atom. The molecule has 0 saturated carbocycles. The van der Waals surface area contributed by atoms with Crippen LogP contribution in [0.25, 0.3) is 5.57 Å². The zero-order valence-electron chi connectivity index (χ0n) is 15.5. The Balaban J connectivity index is 3.15. The average molecular weight is 341 g/mol. The third-order valence-electron chi connectivity index (χ3n) is 3.43.